The molecule has 0 saturated heterocycles. The molecule has 0 aromatic heterocycles. The average Bonchev–Trinajstić information content (AvgIpc) is 2.14. The van der Waals surface area contributed by atoms with Gasteiger partial charge in [0.2, 0.25) is 0 Å². The lowest BCUT2D eigenvalue weighted by molar-refractivity contribution is -0.384. The largest absolute Gasteiger partial charge is 0.287 e. The summed E-state index contributed by atoms with van der Waals surface area (Å²) in [6.07, 6.45) is 1.14. The maximum Gasteiger partial charge on any atom is 0.287 e. The smallest absolute Gasteiger partial charge is 0.282 e. The van der Waals surface area contributed by atoms with Crippen molar-refractivity contribution < 1.29 is 17.9 Å². The number of nitro benzene ring substituents is 1. The monoisotopic (exact) mass is 229 g/mol. The van der Waals surface area contributed by atoms with Crippen molar-refractivity contribution in [1.29, 1.82) is 0 Å². The molecular formula is C8H7NO5S. The van der Waals surface area contributed by atoms with E-state index in [0.29, 0.717) is 11.0 Å². The molecule has 1 aromatic carbocycles. The van der Waals surface area contributed by atoms with Gasteiger partial charge in [-0.15, -0.1) is 0 Å². The van der Waals surface area contributed by atoms with E-state index in [1.165, 1.54) is 24.3 Å². The summed E-state index contributed by atoms with van der Waals surface area (Å²) in [6, 6.07) is 5.23. The molecule has 0 bridgehead atoms. The molecular weight excluding hydrogens is 222 g/mol. The normalized spacial score (nSPS) is 11.8. The average molecular weight is 229 g/mol. The molecule has 80 valence electrons. The lowest BCUT2D eigenvalue weighted by atomic mass is 10.2. The van der Waals surface area contributed by atoms with Crippen LogP contribution in [0.3, 0.4) is 0 Å². The van der Waals surface area contributed by atoms with E-state index in [1.807, 2.05) is 0 Å². The Morgan fingerprint density at radius 1 is 1.27 bits per heavy atom. The van der Waals surface area contributed by atoms with Crippen molar-refractivity contribution in [2.75, 3.05) is 0 Å². The van der Waals surface area contributed by atoms with Crippen molar-refractivity contribution in [3.8, 4) is 0 Å². The maximum absolute atomic E-state index is 10.3. The van der Waals surface area contributed by atoms with Gasteiger partial charge < -0.3 is 0 Å². The van der Waals surface area contributed by atoms with Crippen molar-refractivity contribution in [2.24, 2.45) is 0 Å². The molecule has 0 radical (unpaired) electrons. The molecule has 0 saturated carbocycles. The fourth-order valence-electron chi connectivity index (χ4n) is 0.872. The molecule has 7 heteroatoms. The van der Waals surface area contributed by atoms with Gasteiger partial charge in [0.25, 0.3) is 15.8 Å². The van der Waals surface area contributed by atoms with Gasteiger partial charge in [0.15, 0.2) is 0 Å². The van der Waals surface area contributed by atoms with Crippen LogP contribution in [-0.4, -0.2) is 17.9 Å². The minimum atomic E-state index is -4.16. The number of hydrogen-bond acceptors (Lipinski definition) is 4. The van der Waals surface area contributed by atoms with Gasteiger partial charge in [-0.05, 0) is 23.8 Å². The lowest BCUT2D eigenvalue weighted by Crippen LogP contribution is -1.89. The van der Waals surface area contributed by atoms with Gasteiger partial charge in [-0.2, -0.15) is 8.42 Å². The van der Waals surface area contributed by atoms with Crippen LogP contribution in [-0.2, 0) is 10.1 Å². The van der Waals surface area contributed by atoms with Crippen LogP contribution >= 0.6 is 0 Å². The molecule has 15 heavy (non-hydrogen) atoms. The zero-order valence-electron chi connectivity index (χ0n) is 7.40. The Hall–Kier alpha value is -1.73. The quantitative estimate of drug-likeness (QED) is 0.480. The van der Waals surface area contributed by atoms with E-state index in [4.69, 9.17) is 4.55 Å². The van der Waals surface area contributed by atoms with Gasteiger partial charge in [0.05, 0.1) is 10.3 Å². The first kappa shape index (κ1) is 11.3. The highest BCUT2D eigenvalue weighted by Crippen LogP contribution is 2.12. The van der Waals surface area contributed by atoms with E-state index in [9.17, 15) is 18.5 Å². The summed E-state index contributed by atoms with van der Waals surface area (Å²) in [6.45, 7) is 0. The van der Waals surface area contributed by atoms with Gasteiger partial charge in [-0.1, -0.05) is 0 Å². The van der Waals surface area contributed by atoms with E-state index in [-0.39, 0.29) is 5.69 Å². The summed E-state index contributed by atoms with van der Waals surface area (Å²) in [5.74, 6) is 0. The molecule has 0 heterocycles. The third-order valence-corrected chi connectivity index (χ3v) is 2.02. The summed E-state index contributed by atoms with van der Waals surface area (Å²) in [5.41, 5.74) is 0.359. The first-order valence-corrected chi connectivity index (χ1v) is 5.29. The zero-order chi connectivity index (χ0) is 11.5. The Labute approximate surface area is 85.8 Å². The number of nitro groups is 1. The highest BCUT2D eigenvalue weighted by Gasteiger charge is 2.02. The lowest BCUT2D eigenvalue weighted by Gasteiger charge is -1.92. The Morgan fingerprint density at radius 2 is 1.80 bits per heavy atom. The van der Waals surface area contributed by atoms with Gasteiger partial charge >= 0.3 is 0 Å². The number of hydrogen-bond donors (Lipinski definition) is 1. The summed E-state index contributed by atoms with van der Waals surface area (Å²) in [4.78, 5) is 9.72. The Kier molecular flexibility index (Phi) is 3.17. The molecule has 0 aliphatic rings. The van der Waals surface area contributed by atoms with Gasteiger partial charge in [-0.3, -0.25) is 14.7 Å². The second-order valence-corrected chi connectivity index (χ2v) is 3.97. The molecule has 0 aliphatic heterocycles. The van der Waals surface area contributed by atoms with Crippen molar-refractivity contribution in [1.82, 2.24) is 0 Å². The van der Waals surface area contributed by atoms with Crippen molar-refractivity contribution in [2.45, 2.75) is 0 Å². The molecule has 0 fully saturated rings. The van der Waals surface area contributed by atoms with Gasteiger partial charge in [0.1, 0.15) is 0 Å². The van der Waals surface area contributed by atoms with Crippen LogP contribution in [0.2, 0.25) is 0 Å². The highest BCUT2D eigenvalue weighted by molar-refractivity contribution is 7.88. The third kappa shape index (κ3) is 3.88. The Morgan fingerprint density at radius 3 is 2.20 bits per heavy atom. The summed E-state index contributed by atoms with van der Waals surface area (Å²) >= 11 is 0. The summed E-state index contributed by atoms with van der Waals surface area (Å²) in [5, 5.41) is 10.9. The standard InChI is InChI=1S/C8H7NO5S/c10-9(11)8-3-1-7(2-4-8)5-6-15(12,13)14/h1-6H,(H,12,13,14). The van der Waals surface area contributed by atoms with Crippen LogP contribution in [0.1, 0.15) is 5.56 Å². The van der Waals surface area contributed by atoms with E-state index >= 15 is 0 Å². The van der Waals surface area contributed by atoms with E-state index in [2.05, 4.69) is 0 Å². The zero-order valence-corrected chi connectivity index (χ0v) is 8.22. The first-order chi connectivity index (χ1) is 6.88. The van der Waals surface area contributed by atoms with E-state index < -0.39 is 15.0 Å². The minimum absolute atomic E-state index is 0.0843. The van der Waals surface area contributed by atoms with Crippen molar-refractivity contribution >= 4 is 21.9 Å². The SMILES string of the molecule is O=[N+]([O-])c1ccc(C=CS(=O)(=O)O)cc1. The predicted octanol–water partition coefficient (Wildman–Crippen LogP) is 1.45. The predicted molar refractivity (Wildman–Crippen MR) is 53.7 cm³/mol. The fourth-order valence-corrected chi connectivity index (χ4v) is 1.20. The Balaban J connectivity index is 2.91. The second-order valence-electron chi connectivity index (χ2n) is 2.67. The molecule has 0 atom stereocenters. The van der Waals surface area contributed by atoms with Crippen LogP contribution < -0.4 is 0 Å². The van der Waals surface area contributed by atoms with E-state index in [1.54, 1.807) is 0 Å². The summed E-state index contributed by atoms with van der Waals surface area (Å²) in [7, 11) is -4.16. The van der Waals surface area contributed by atoms with Crippen LogP contribution in [0.4, 0.5) is 5.69 Å². The van der Waals surface area contributed by atoms with Gasteiger partial charge in [0, 0.05) is 12.1 Å². The van der Waals surface area contributed by atoms with Crippen LogP contribution in [0.5, 0.6) is 0 Å². The summed E-state index contributed by atoms with van der Waals surface area (Å²) < 4.78 is 29.1. The van der Waals surface area contributed by atoms with Gasteiger partial charge in [-0.25, -0.2) is 0 Å². The fraction of sp³-hybridized carbons (Fsp3) is 0. The highest BCUT2D eigenvalue weighted by atomic mass is 32.2. The molecule has 0 spiro atoms. The maximum atomic E-state index is 10.3. The topological polar surface area (TPSA) is 97.5 Å². The number of nitrogens with zero attached hydrogens (tertiary/aromatic N) is 1. The second kappa shape index (κ2) is 4.20. The number of non-ortho nitro benzene ring substituents is 1. The minimum Gasteiger partial charge on any atom is -0.282 e. The molecule has 0 amide bonds. The molecule has 1 N–H and O–H groups in total. The molecule has 0 unspecified atom stereocenters. The molecule has 6 nitrogen and oxygen atoms in total. The van der Waals surface area contributed by atoms with Crippen LogP contribution in [0.15, 0.2) is 29.7 Å². The van der Waals surface area contributed by atoms with Crippen molar-refractivity contribution in [3.05, 3.63) is 45.4 Å². The van der Waals surface area contributed by atoms with Crippen molar-refractivity contribution in [3.63, 3.8) is 0 Å². The molecule has 0 aliphatic carbocycles. The molecule has 1 aromatic rings. The Bertz CT molecular complexity index is 488. The third-order valence-electron chi connectivity index (χ3n) is 1.54. The van der Waals surface area contributed by atoms with Crippen LogP contribution in [0, 0.1) is 10.1 Å². The first-order valence-electron chi connectivity index (χ1n) is 3.78. The van der Waals surface area contributed by atoms with E-state index in [0.717, 1.165) is 6.08 Å². The molecule has 1 rings (SSSR count). The number of benzene rings is 1. The number of rotatable bonds is 3. The van der Waals surface area contributed by atoms with Crippen LogP contribution in [0.25, 0.3) is 6.08 Å².